The first kappa shape index (κ1) is 14.0. The first-order chi connectivity index (χ1) is 8.15. The van der Waals surface area contributed by atoms with Crippen LogP contribution in [0.1, 0.15) is 32.7 Å². The minimum atomic E-state index is -0.499. The highest BCUT2D eigenvalue weighted by atomic mass is 35.5. The Morgan fingerprint density at radius 3 is 2.41 bits per heavy atom. The Hall–Kier alpha value is -1.06. The molecule has 1 aromatic rings. The fourth-order valence-electron chi connectivity index (χ4n) is 1.51. The van der Waals surface area contributed by atoms with Gasteiger partial charge in [-0.2, -0.15) is 0 Å². The van der Waals surface area contributed by atoms with Gasteiger partial charge in [0.05, 0.1) is 12.7 Å². The average molecular weight is 275 g/mol. The average Bonchev–Trinajstić information content (AvgIpc) is 2.37. The zero-order chi connectivity index (χ0) is 12.8. The molecule has 0 fully saturated rings. The fourth-order valence-corrected chi connectivity index (χ4v) is 1.97. The Kier molecular flexibility index (Phi) is 5.45. The number of esters is 1. The molecule has 0 spiro atoms. The van der Waals surface area contributed by atoms with Gasteiger partial charge in [0.2, 0.25) is 0 Å². The van der Waals surface area contributed by atoms with Crippen molar-refractivity contribution >= 4 is 35.0 Å². The maximum Gasteiger partial charge on any atom is 0.338 e. The van der Waals surface area contributed by atoms with Crippen LogP contribution in [0.15, 0.2) is 18.2 Å². The molecule has 1 aromatic carbocycles. The lowest BCUT2D eigenvalue weighted by Crippen LogP contribution is -2.11. The molecule has 5 heteroatoms. The zero-order valence-corrected chi connectivity index (χ0v) is 10.8. The van der Waals surface area contributed by atoms with Crippen LogP contribution < -0.4 is 0 Å². The van der Waals surface area contributed by atoms with E-state index < -0.39 is 5.97 Å². The summed E-state index contributed by atoms with van der Waals surface area (Å²) in [6, 6.07) is 4.85. The Morgan fingerprint density at radius 2 is 1.88 bits per heavy atom. The van der Waals surface area contributed by atoms with Gasteiger partial charge in [-0.15, -0.1) is 23.2 Å². The predicted molar refractivity (Wildman–Crippen MR) is 67.0 cm³/mol. The third kappa shape index (κ3) is 3.20. The molecule has 0 unspecified atom stereocenters. The van der Waals surface area contributed by atoms with E-state index in [1.54, 1.807) is 18.2 Å². The smallest absolute Gasteiger partial charge is 0.338 e. The van der Waals surface area contributed by atoms with E-state index in [2.05, 4.69) is 4.74 Å². The summed E-state index contributed by atoms with van der Waals surface area (Å²) in [5.41, 5.74) is 1.25. The standard InChI is InChI=1S/C12H12Cl2O3/c1-17-12(16)9-4-2-3-8(10(9)7-14)11(15)5-6-13/h2-4H,5-7H2,1H3. The molecule has 0 aliphatic carbocycles. The molecule has 0 saturated heterocycles. The van der Waals surface area contributed by atoms with Crippen LogP contribution in [0.2, 0.25) is 0 Å². The number of carbonyl (C=O) groups excluding carboxylic acids is 2. The van der Waals surface area contributed by atoms with Crippen molar-refractivity contribution in [3.05, 3.63) is 34.9 Å². The Morgan fingerprint density at radius 1 is 1.24 bits per heavy atom. The van der Waals surface area contributed by atoms with Crippen molar-refractivity contribution in [1.82, 2.24) is 0 Å². The maximum absolute atomic E-state index is 11.8. The second kappa shape index (κ2) is 6.62. The van der Waals surface area contributed by atoms with E-state index in [9.17, 15) is 9.59 Å². The molecule has 0 N–H and O–H groups in total. The minimum absolute atomic E-state index is 0.0780. The van der Waals surface area contributed by atoms with Crippen molar-refractivity contribution in [2.75, 3.05) is 13.0 Å². The lowest BCUT2D eigenvalue weighted by atomic mass is 9.98. The number of ether oxygens (including phenoxy) is 1. The van der Waals surface area contributed by atoms with Gasteiger partial charge in [0.15, 0.2) is 5.78 Å². The highest BCUT2D eigenvalue weighted by Crippen LogP contribution is 2.20. The lowest BCUT2D eigenvalue weighted by Gasteiger charge is -2.10. The van der Waals surface area contributed by atoms with Gasteiger partial charge in [0.1, 0.15) is 0 Å². The second-order valence-corrected chi connectivity index (χ2v) is 3.96. The minimum Gasteiger partial charge on any atom is -0.465 e. The van der Waals surface area contributed by atoms with Gasteiger partial charge in [-0.3, -0.25) is 4.79 Å². The van der Waals surface area contributed by atoms with E-state index in [4.69, 9.17) is 23.2 Å². The summed E-state index contributed by atoms with van der Waals surface area (Å²) in [6.45, 7) is 0. The number of hydrogen-bond acceptors (Lipinski definition) is 3. The molecule has 0 aliphatic rings. The molecule has 0 saturated carbocycles. The number of methoxy groups -OCH3 is 1. The van der Waals surface area contributed by atoms with Crippen molar-refractivity contribution < 1.29 is 14.3 Å². The highest BCUT2D eigenvalue weighted by molar-refractivity contribution is 6.20. The molecule has 0 aromatic heterocycles. The summed E-state index contributed by atoms with van der Waals surface area (Å²) in [6.07, 6.45) is 0.218. The van der Waals surface area contributed by atoms with Gasteiger partial charge >= 0.3 is 5.97 Å². The monoisotopic (exact) mass is 274 g/mol. The fraction of sp³-hybridized carbons (Fsp3) is 0.333. The topological polar surface area (TPSA) is 43.4 Å². The molecule has 0 amide bonds. The number of rotatable bonds is 5. The summed E-state index contributed by atoms with van der Waals surface area (Å²) in [7, 11) is 1.29. The maximum atomic E-state index is 11.8. The second-order valence-electron chi connectivity index (χ2n) is 3.32. The molecule has 3 nitrogen and oxygen atoms in total. The Labute approximate surface area is 110 Å². The Balaban J connectivity index is 3.23. The van der Waals surface area contributed by atoms with Crippen molar-refractivity contribution in [3.63, 3.8) is 0 Å². The van der Waals surface area contributed by atoms with Crippen LogP contribution in [0, 0.1) is 0 Å². The molecule has 17 heavy (non-hydrogen) atoms. The van der Waals surface area contributed by atoms with Gasteiger partial charge in [-0.05, 0) is 11.6 Å². The highest BCUT2D eigenvalue weighted by Gasteiger charge is 2.18. The lowest BCUT2D eigenvalue weighted by molar-refractivity contribution is 0.0600. The third-order valence-electron chi connectivity index (χ3n) is 2.34. The van der Waals surface area contributed by atoms with Crippen LogP contribution in [-0.2, 0) is 10.6 Å². The summed E-state index contributed by atoms with van der Waals surface area (Å²) >= 11 is 11.3. The van der Waals surface area contributed by atoms with E-state index in [-0.39, 0.29) is 24.0 Å². The number of halogens is 2. The van der Waals surface area contributed by atoms with Gasteiger partial charge in [-0.25, -0.2) is 4.79 Å². The molecule has 1 rings (SSSR count). The third-order valence-corrected chi connectivity index (χ3v) is 2.79. The molecule has 0 heterocycles. The number of ketones is 1. The first-order valence-electron chi connectivity index (χ1n) is 5.01. The molecule has 92 valence electrons. The first-order valence-corrected chi connectivity index (χ1v) is 6.08. The Bertz CT molecular complexity index is 430. The van der Waals surface area contributed by atoms with Gasteiger partial charge < -0.3 is 4.74 Å². The molecule has 0 radical (unpaired) electrons. The summed E-state index contributed by atoms with van der Waals surface area (Å²) < 4.78 is 4.64. The van der Waals surface area contributed by atoms with Crippen LogP contribution >= 0.6 is 23.2 Å². The van der Waals surface area contributed by atoms with Crippen LogP contribution in [0.5, 0.6) is 0 Å². The van der Waals surface area contributed by atoms with Crippen LogP contribution in [0.3, 0.4) is 0 Å². The molecular weight excluding hydrogens is 263 g/mol. The number of alkyl halides is 2. The largest absolute Gasteiger partial charge is 0.465 e. The number of Topliss-reactive ketones (excluding diaryl/α,β-unsaturated/α-hetero) is 1. The van der Waals surface area contributed by atoms with Crippen LogP contribution in [-0.4, -0.2) is 24.7 Å². The molecule has 0 aliphatic heterocycles. The van der Waals surface area contributed by atoms with Crippen molar-refractivity contribution in [1.29, 1.82) is 0 Å². The predicted octanol–water partition coefficient (Wildman–Crippen LogP) is 3.02. The molecular formula is C12H12Cl2O3. The van der Waals surface area contributed by atoms with E-state index in [1.807, 2.05) is 0 Å². The van der Waals surface area contributed by atoms with E-state index in [1.165, 1.54) is 7.11 Å². The van der Waals surface area contributed by atoms with Gasteiger partial charge in [0, 0.05) is 23.7 Å². The summed E-state index contributed by atoms with van der Waals surface area (Å²) in [4.78, 5) is 23.3. The summed E-state index contributed by atoms with van der Waals surface area (Å²) in [5, 5.41) is 0. The zero-order valence-electron chi connectivity index (χ0n) is 9.33. The van der Waals surface area contributed by atoms with Crippen molar-refractivity contribution in [2.24, 2.45) is 0 Å². The van der Waals surface area contributed by atoms with Crippen molar-refractivity contribution in [3.8, 4) is 0 Å². The van der Waals surface area contributed by atoms with E-state index >= 15 is 0 Å². The van der Waals surface area contributed by atoms with Crippen LogP contribution in [0.4, 0.5) is 0 Å². The van der Waals surface area contributed by atoms with Crippen LogP contribution in [0.25, 0.3) is 0 Å². The van der Waals surface area contributed by atoms with Crippen molar-refractivity contribution in [2.45, 2.75) is 12.3 Å². The van der Waals surface area contributed by atoms with Gasteiger partial charge in [-0.1, -0.05) is 12.1 Å². The normalized spacial score (nSPS) is 10.1. The SMILES string of the molecule is COC(=O)c1cccc(C(=O)CCCl)c1CCl. The molecule has 0 atom stereocenters. The van der Waals surface area contributed by atoms with E-state index in [0.29, 0.717) is 16.7 Å². The van der Waals surface area contributed by atoms with E-state index in [0.717, 1.165) is 0 Å². The number of benzene rings is 1. The summed E-state index contributed by atoms with van der Waals surface area (Å²) in [5.74, 6) is -0.306. The number of hydrogen-bond donors (Lipinski definition) is 0. The van der Waals surface area contributed by atoms with Gasteiger partial charge in [0.25, 0.3) is 0 Å². The number of carbonyl (C=O) groups is 2. The quantitative estimate of drug-likeness (QED) is 0.471. The molecule has 0 bridgehead atoms.